The summed E-state index contributed by atoms with van der Waals surface area (Å²) in [5.41, 5.74) is 3.06. The summed E-state index contributed by atoms with van der Waals surface area (Å²) in [7, 11) is -3.57. The molecule has 0 radical (unpaired) electrons. The Balaban J connectivity index is 1.23. The number of fused-ring (bicyclic) bond motifs is 2. The van der Waals surface area contributed by atoms with Crippen LogP contribution >= 0.6 is 0 Å². The van der Waals surface area contributed by atoms with E-state index in [9.17, 15) is 18.0 Å². The first-order chi connectivity index (χ1) is 15.9. The fraction of sp³-hybridized carbons (Fsp3) is 0.360. The summed E-state index contributed by atoms with van der Waals surface area (Å²) in [5.74, 6) is -0.387. The van der Waals surface area contributed by atoms with Gasteiger partial charge in [-0.2, -0.15) is 4.31 Å². The number of anilines is 1. The molecule has 172 valence electrons. The molecule has 1 aliphatic carbocycles. The SMILES string of the molecule is O=C(Nc1ccc2oc(=O)ccc2c1)C1CCN(S(=O)(=O)c2ccc3c(c2)CCCC3)CC1. The van der Waals surface area contributed by atoms with E-state index in [2.05, 4.69) is 5.32 Å². The van der Waals surface area contributed by atoms with Crippen LogP contribution in [0.3, 0.4) is 0 Å². The number of aryl methyl sites for hydroxylation is 2. The van der Waals surface area contributed by atoms with Crippen LogP contribution in [-0.4, -0.2) is 31.7 Å². The summed E-state index contributed by atoms with van der Waals surface area (Å²) in [5, 5.41) is 3.63. The molecule has 5 rings (SSSR count). The topological polar surface area (TPSA) is 96.7 Å². The van der Waals surface area contributed by atoms with E-state index < -0.39 is 15.6 Å². The number of carbonyl (C=O) groups excluding carboxylic acids is 1. The molecule has 0 saturated carbocycles. The maximum Gasteiger partial charge on any atom is 0.336 e. The molecule has 33 heavy (non-hydrogen) atoms. The van der Waals surface area contributed by atoms with E-state index in [1.54, 1.807) is 30.3 Å². The number of benzene rings is 2. The van der Waals surface area contributed by atoms with Crippen molar-refractivity contribution in [3.8, 4) is 0 Å². The Kier molecular flexibility index (Phi) is 5.80. The number of piperidine rings is 1. The highest BCUT2D eigenvalue weighted by Gasteiger charge is 2.32. The summed E-state index contributed by atoms with van der Waals surface area (Å²) in [6, 6.07) is 13.6. The molecule has 0 atom stereocenters. The van der Waals surface area contributed by atoms with Crippen LogP contribution < -0.4 is 10.9 Å². The smallest absolute Gasteiger partial charge is 0.336 e. The van der Waals surface area contributed by atoms with Gasteiger partial charge in [0.25, 0.3) is 0 Å². The van der Waals surface area contributed by atoms with E-state index in [1.165, 1.54) is 15.9 Å². The molecule has 0 unspecified atom stereocenters. The van der Waals surface area contributed by atoms with Crippen LogP contribution in [0, 0.1) is 5.92 Å². The van der Waals surface area contributed by atoms with Gasteiger partial charge in [0, 0.05) is 36.1 Å². The number of hydrogen-bond acceptors (Lipinski definition) is 5. The number of nitrogens with zero attached hydrogens (tertiary/aromatic N) is 1. The number of amides is 1. The van der Waals surface area contributed by atoms with Gasteiger partial charge in [0.1, 0.15) is 5.58 Å². The van der Waals surface area contributed by atoms with Gasteiger partial charge in [0.05, 0.1) is 4.90 Å². The standard InChI is InChI=1S/C25H26N2O5S/c28-24-10-6-20-15-21(7-9-23(20)32-24)26-25(29)18-11-13-27(14-12-18)33(30,31)22-8-5-17-3-1-2-4-19(17)16-22/h5-10,15-16,18H,1-4,11-14H2,(H,26,29). The summed E-state index contributed by atoms with van der Waals surface area (Å²) in [6.45, 7) is 0.640. The van der Waals surface area contributed by atoms with Crippen molar-refractivity contribution < 1.29 is 17.6 Å². The monoisotopic (exact) mass is 466 g/mol. The lowest BCUT2D eigenvalue weighted by Crippen LogP contribution is -2.41. The van der Waals surface area contributed by atoms with Crippen LogP contribution in [0.2, 0.25) is 0 Å². The molecular formula is C25H26N2O5S. The zero-order valence-electron chi connectivity index (χ0n) is 18.2. The Morgan fingerprint density at radius 3 is 2.48 bits per heavy atom. The molecule has 8 heteroatoms. The highest BCUT2D eigenvalue weighted by molar-refractivity contribution is 7.89. The van der Waals surface area contributed by atoms with Gasteiger partial charge in [-0.3, -0.25) is 4.79 Å². The molecule has 7 nitrogen and oxygen atoms in total. The number of rotatable bonds is 4. The van der Waals surface area contributed by atoms with Gasteiger partial charge in [-0.1, -0.05) is 6.07 Å². The maximum atomic E-state index is 13.2. The molecule has 1 N–H and O–H groups in total. The second kappa shape index (κ2) is 8.76. The van der Waals surface area contributed by atoms with E-state index >= 15 is 0 Å². The van der Waals surface area contributed by atoms with Gasteiger partial charge in [0.15, 0.2) is 0 Å². The predicted octanol–water partition coefficient (Wildman–Crippen LogP) is 3.71. The van der Waals surface area contributed by atoms with E-state index in [-0.39, 0.29) is 11.8 Å². The van der Waals surface area contributed by atoms with Crippen molar-refractivity contribution in [1.82, 2.24) is 4.31 Å². The molecule has 1 fully saturated rings. The highest BCUT2D eigenvalue weighted by Crippen LogP contribution is 2.29. The lowest BCUT2D eigenvalue weighted by molar-refractivity contribution is -0.120. The zero-order chi connectivity index (χ0) is 23.0. The Hall–Kier alpha value is -2.97. The molecule has 2 heterocycles. The molecule has 3 aromatic rings. The summed E-state index contributed by atoms with van der Waals surface area (Å²) in [6.07, 6.45) is 5.15. The van der Waals surface area contributed by atoms with E-state index in [1.807, 2.05) is 12.1 Å². The second-order valence-electron chi connectivity index (χ2n) is 8.81. The van der Waals surface area contributed by atoms with Gasteiger partial charge in [-0.25, -0.2) is 13.2 Å². The molecule has 2 aromatic carbocycles. The molecule has 1 aromatic heterocycles. The molecule has 1 aliphatic heterocycles. The van der Waals surface area contributed by atoms with E-state index in [4.69, 9.17) is 4.42 Å². The van der Waals surface area contributed by atoms with Crippen LogP contribution in [0.25, 0.3) is 11.0 Å². The van der Waals surface area contributed by atoms with Crippen LogP contribution in [-0.2, 0) is 27.7 Å². The summed E-state index contributed by atoms with van der Waals surface area (Å²) < 4.78 is 33.0. The second-order valence-corrected chi connectivity index (χ2v) is 10.8. The van der Waals surface area contributed by atoms with E-state index in [0.29, 0.717) is 42.1 Å². The number of nitrogens with one attached hydrogen (secondary N) is 1. The van der Waals surface area contributed by atoms with Crippen LogP contribution in [0.5, 0.6) is 0 Å². The fourth-order valence-corrected chi connectivity index (χ4v) is 6.29. The fourth-order valence-electron chi connectivity index (χ4n) is 4.77. The number of hydrogen-bond donors (Lipinski definition) is 1. The minimum Gasteiger partial charge on any atom is -0.423 e. The van der Waals surface area contributed by atoms with Gasteiger partial charge >= 0.3 is 5.63 Å². The third-order valence-corrected chi connectivity index (χ3v) is 8.56. The van der Waals surface area contributed by atoms with Gasteiger partial charge in [-0.05, 0) is 86.1 Å². The van der Waals surface area contributed by atoms with Crippen LogP contribution in [0.1, 0.15) is 36.8 Å². The Bertz CT molecular complexity index is 1370. The third-order valence-electron chi connectivity index (χ3n) is 6.67. The highest BCUT2D eigenvalue weighted by atomic mass is 32.2. The minimum absolute atomic E-state index is 0.127. The first kappa shape index (κ1) is 21.9. The zero-order valence-corrected chi connectivity index (χ0v) is 19.1. The van der Waals surface area contributed by atoms with Crippen molar-refractivity contribution in [3.63, 3.8) is 0 Å². The van der Waals surface area contributed by atoms with Gasteiger partial charge in [-0.15, -0.1) is 0 Å². The molecule has 0 spiro atoms. The van der Waals surface area contributed by atoms with Gasteiger partial charge < -0.3 is 9.73 Å². The van der Waals surface area contributed by atoms with Crippen molar-refractivity contribution >= 4 is 32.6 Å². The molecule has 2 aliphatic rings. The minimum atomic E-state index is -3.57. The average molecular weight is 467 g/mol. The lowest BCUT2D eigenvalue weighted by Gasteiger charge is -2.31. The Morgan fingerprint density at radius 2 is 1.70 bits per heavy atom. The molecular weight excluding hydrogens is 440 g/mol. The van der Waals surface area contributed by atoms with Crippen LogP contribution in [0.4, 0.5) is 5.69 Å². The Labute approximate surface area is 192 Å². The van der Waals surface area contributed by atoms with Crippen LogP contribution in [0.15, 0.2) is 62.6 Å². The largest absolute Gasteiger partial charge is 0.423 e. The number of carbonyl (C=O) groups is 1. The van der Waals surface area contributed by atoms with Gasteiger partial charge in [0.2, 0.25) is 15.9 Å². The first-order valence-corrected chi connectivity index (χ1v) is 12.8. The third kappa shape index (κ3) is 4.45. The molecule has 0 bridgehead atoms. The Morgan fingerprint density at radius 1 is 0.939 bits per heavy atom. The summed E-state index contributed by atoms with van der Waals surface area (Å²) in [4.78, 5) is 24.5. The average Bonchev–Trinajstić information content (AvgIpc) is 2.84. The number of sulfonamides is 1. The normalized spacial score (nSPS) is 17.6. The first-order valence-electron chi connectivity index (χ1n) is 11.4. The van der Waals surface area contributed by atoms with Crippen molar-refractivity contribution in [2.75, 3.05) is 18.4 Å². The van der Waals surface area contributed by atoms with Crippen molar-refractivity contribution in [2.24, 2.45) is 5.92 Å². The van der Waals surface area contributed by atoms with Crippen molar-refractivity contribution in [1.29, 1.82) is 0 Å². The molecule has 1 amide bonds. The quantitative estimate of drug-likeness (QED) is 0.591. The van der Waals surface area contributed by atoms with Crippen molar-refractivity contribution in [2.45, 2.75) is 43.4 Å². The van der Waals surface area contributed by atoms with Crippen molar-refractivity contribution in [3.05, 3.63) is 70.1 Å². The predicted molar refractivity (Wildman–Crippen MR) is 126 cm³/mol. The maximum absolute atomic E-state index is 13.2. The summed E-state index contributed by atoms with van der Waals surface area (Å²) >= 11 is 0. The molecule has 1 saturated heterocycles. The van der Waals surface area contributed by atoms with E-state index in [0.717, 1.165) is 36.6 Å². The lowest BCUT2D eigenvalue weighted by atomic mass is 9.92.